The first-order valence-corrected chi connectivity index (χ1v) is 9.47. The topological polar surface area (TPSA) is 51.1 Å². The van der Waals surface area contributed by atoms with Crippen LogP contribution in [-0.4, -0.2) is 41.3 Å². The highest BCUT2D eigenvalue weighted by Gasteiger charge is 2.29. The second kappa shape index (κ2) is 7.22. The van der Waals surface area contributed by atoms with Gasteiger partial charge in [-0.1, -0.05) is 18.2 Å². The van der Waals surface area contributed by atoms with Gasteiger partial charge in [-0.05, 0) is 47.5 Å². The number of aromatic nitrogens is 3. The quantitative estimate of drug-likeness (QED) is 0.522. The van der Waals surface area contributed by atoms with E-state index in [1.165, 1.54) is 12.1 Å². The van der Waals surface area contributed by atoms with E-state index in [1.807, 2.05) is 30.3 Å². The lowest BCUT2D eigenvalue weighted by molar-refractivity contribution is 0.0785. The Balaban J connectivity index is 1.65. The van der Waals surface area contributed by atoms with Gasteiger partial charge in [0, 0.05) is 43.5 Å². The second-order valence-corrected chi connectivity index (χ2v) is 7.11. The first-order chi connectivity index (χ1) is 14.2. The molecule has 6 heteroatoms. The molecule has 0 N–H and O–H groups in total. The minimum Gasteiger partial charge on any atom is -0.378 e. The van der Waals surface area contributed by atoms with Crippen molar-refractivity contribution < 1.29 is 9.13 Å². The Labute approximate surface area is 167 Å². The van der Waals surface area contributed by atoms with E-state index in [1.54, 1.807) is 31.6 Å². The summed E-state index contributed by atoms with van der Waals surface area (Å²) < 4.78 is 18.7. The molecule has 144 valence electrons. The third-order valence-corrected chi connectivity index (χ3v) is 5.25. The summed E-state index contributed by atoms with van der Waals surface area (Å²) in [7, 11) is 1.73. The molecule has 5 rings (SSSR count). The van der Waals surface area contributed by atoms with E-state index >= 15 is 0 Å². The van der Waals surface area contributed by atoms with Crippen molar-refractivity contribution in [3.8, 4) is 22.5 Å². The molecule has 0 aliphatic carbocycles. The summed E-state index contributed by atoms with van der Waals surface area (Å²) in [6, 6.07) is 16.4. The highest BCUT2D eigenvalue weighted by atomic mass is 19.1. The molecular weight excluding hydrogens is 367 g/mol. The molecule has 0 spiro atoms. The highest BCUT2D eigenvalue weighted by molar-refractivity contribution is 5.94. The maximum atomic E-state index is 13.3. The van der Waals surface area contributed by atoms with Gasteiger partial charge in [0.1, 0.15) is 11.6 Å². The first kappa shape index (κ1) is 17.7. The van der Waals surface area contributed by atoms with Crippen LogP contribution < -0.4 is 4.90 Å². The van der Waals surface area contributed by atoms with Gasteiger partial charge >= 0.3 is 0 Å². The smallest absolute Gasteiger partial charge is 0.163 e. The summed E-state index contributed by atoms with van der Waals surface area (Å²) in [6.07, 6.45) is 3.72. The van der Waals surface area contributed by atoms with E-state index in [9.17, 15) is 4.39 Å². The summed E-state index contributed by atoms with van der Waals surface area (Å²) in [5.74, 6) is 1.29. The van der Waals surface area contributed by atoms with Crippen molar-refractivity contribution in [1.29, 1.82) is 0 Å². The molecule has 0 saturated carbocycles. The first-order valence-electron chi connectivity index (χ1n) is 9.47. The van der Waals surface area contributed by atoms with Gasteiger partial charge in [0.2, 0.25) is 0 Å². The summed E-state index contributed by atoms with van der Waals surface area (Å²) in [4.78, 5) is 16.1. The van der Waals surface area contributed by atoms with Crippen LogP contribution >= 0.6 is 0 Å². The fraction of sp³-hybridized carbons (Fsp3) is 0.174. The molecule has 3 heterocycles. The molecule has 0 bridgehead atoms. The molecule has 29 heavy (non-hydrogen) atoms. The lowest BCUT2D eigenvalue weighted by Crippen LogP contribution is -2.52. The van der Waals surface area contributed by atoms with Crippen molar-refractivity contribution >= 4 is 16.7 Å². The van der Waals surface area contributed by atoms with Crippen LogP contribution in [0.4, 0.5) is 10.2 Å². The van der Waals surface area contributed by atoms with Gasteiger partial charge in [0.25, 0.3) is 0 Å². The number of hydrogen-bond donors (Lipinski definition) is 0. The second-order valence-electron chi connectivity index (χ2n) is 7.11. The van der Waals surface area contributed by atoms with E-state index in [-0.39, 0.29) is 11.9 Å². The van der Waals surface area contributed by atoms with Crippen LogP contribution in [-0.2, 0) is 4.74 Å². The molecule has 2 aromatic carbocycles. The molecule has 4 aromatic rings. The molecule has 0 radical (unpaired) electrons. The highest BCUT2D eigenvalue weighted by Crippen LogP contribution is 2.33. The Kier molecular flexibility index (Phi) is 4.41. The average molecular weight is 386 g/mol. The van der Waals surface area contributed by atoms with Crippen molar-refractivity contribution in [2.45, 2.75) is 6.10 Å². The van der Waals surface area contributed by atoms with E-state index in [0.29, 0.717) is 5.82 Å². The number of hydrogen-bond acceptors (Lipinski definition) is 5. The third kappa shape index (κ3) is 3.32. The number of anilines is 1. The number of ether oxygens (including phenoxy) is 1. The minimum absolute atomic E-state index is 0.223. The molecule has 1 aliphatic rings. The zero-order chi connectivity index (χ0) is 19.8. The van der Waals surface area contributed by atoms with Crippen LogP contribution in [0.25, 0.3) is 33.4 Å². The van der Waals surface area contributed by atoms with Crippen LogP contribution in [0.15, 0.2) is 67.0 Å². The van der Waals surface area contributed by atoms with Crippen molar-refractivity contribution in [3.05, 3.63) is 72.8 Å². The number of fused-ring (bicyclic) bond motifs is 1. The molecule has 2 aromatic heterocycles. The predicted molar refractivity (Wildman–Crippen MR) is 111 cm³/mol. The fourth-order valence-electron chi connectivity index (χ4n) is 3.56. The molecule has 1 fully saturated rings. The van der Waals surface area contributed by atoms with Gasteiger partial charge in [-0.25, -0.2) is 14.4 Å². The zero-order valence-corrected chi connectivity index (χ0v) is 15.9. The number of rotatable bonds is 4. The van der Waals surface area contributed by atoms with E-state index in [2.05, 4.69) is 9.88 Å². The Bertz CT molecular complexity index is 1160. The average Bonchev–Trinajstić information content (AvgIpc) is 2.73. The minimum atomic E-state index is -0.247. The van der Waals surface area contributed by atoms with Crippen molar-refractivity contribution in [2.24, 2.45) is 0 Å². The lowest BCUT2D eigenvalue weighted by Gasteiger charge is -2.39. The molecule has 0 amide bonds. The maximum absolute atomic E-state index is 13.3. The van der Waals surface area contributed by atoms with Crippen LogP contribution in [0, 0.1) is 5.82 Å². The van der Waals surface area contributed by atoms with Crippen molar-refractivity contribution in [2.75, 3.05) is 25.1 Å². The predicted octanol–water partition coefficient (Wildman–Crippen LogP) is 4.33. The van der Waals surface area contributed by atoms with Gasteiger partial charge in [-0.15, -0.1) is 0 Å². The number of pyridine rings is 1. The number of methoxy groups -OCH3 is 1. The number of halogens is 1. The summed E-state index contributed by atoms with van der Waals surface area (Å²) >= 11 is 0. The Hall–Kier alpha value is -3.38. The van der Waals surface area contributed by atoms with Crippen LogP contribution in [0.3, 0.4) is 0 Å². The molecule has 0 atom stereocenters. The number of nitrogens with zero attached hydrogens (tertiary/aromatic N) is 4. The zero-order valence-electron chi connectivity index (χ0n) is 15.9. The monoisotopic (exact) mass is 386 g/mol. The van der Waals surface area contributed by atoms with E-state index < -0.39 is 0 Å². The molecular formula is C23H19FN4O. The summed E-state index contributed by atoms with van der Waals surface area (Å²) in [6.45, 7) is 1.60. The van der Waals surface area contributed by atoms with Gasteiger partial charge < -0.3 is 9.64 Å². The maximum Gasteiger partial charge on any atom is 0.163 e. The van der Waals surface area contributed by atoms with Crippen LogP contribution in [0.1, 0.15) is 0 Å². The van der Waals surface area contributed by atoms with Gasteiger partial charge in [-0.3, -0.25) is 4.98 Å². The fourth-order valence-corrected chi connectivity index (χ4v) is 3.56. The SMILES string of the molecule is COC1CN(c2nc(-c3cccnc3)nc3cc(-c4ccc(F)cc4)ccc23)C1. The Morgan fingerprint density at radius 3 is 2.48 bits per heavy atom. The number of benzene rings is 2. The molecule has 1 saturated heterocycles. The van der Waals surface area contributed by atoms with E-state index in [0.717, 1.165) is 46.5 Å². The van der Waals surface area contributed by atoms with Gasteiger partial charge in [0.15, 0.2) is 5.82 Å². The standard InChI is InChI=1S/C23H19FN4O/c1-29-19-13-28(14-19)23-20-9-6-16(15-4-7-18(24)8-5-15)11-21(20)26-22(27-23)17-3-2-10-25-12-17/h2-12,19H,13-14H2,1H3. The van der Waals surface area contributed by atoms with Crippen LogP contribution in [0.2, 0.25) is 0 Å². The third-order valence-electron chi connectivity index (χ3n) is 5.25. The van der Waals surface area contributed by atoms with Gasteiger partial charge in [-0.2, -0.15) is 0 Å². The van der Waals surface area contributed by atoms with Gasteiger partial charge in [0.05, 0.1) is 11.6 Å². The Morgan fingerprint density at radius 2 is 1.76 bits per heavy atom. The molecule has 0 unspecified atom stereocenters. The summed E-state index contributed by atoms with van der Waals surface area (Å²) in [5, 5.41) is 0.984. The van der Waals surface area contributed by atoms with Crippen molar-refractivity contribution in [1.82, 2.24) is 15.0 Å². The molecule has 1 aliphatic heterocycles. The Morgan fingerprint density at radius 1 is 0.966 bits per heavy atom. The van der Waals surface area contributed by atoms with E-state index in [4.69, 9.17) is 14.7 Å². The van der Waals surface area contributed by atoms with Crippen molar-refractivity contribution in [3.63, 3.8) is 0 Å². The largest absolute Gasteiger partial charge is 0.378 e. The summed E-state index contributed by atoms with van der Waals surface area (Å²) in [5.41, 5.74) is 3.64. The van der Waals surface area contributed by atoms with Crippen LogP contribution in [0.5, 0.6) is 0 Å². The lowest BCUT2D eigenvalue weighted by atomic mass is 10.0. The molecule has 5 nitrogen and oxygen atoms in total. The normalized spacial score (nSPS) is 14.2.